The van der Waals surface area contributed by atoms with Crippen LogP contribution in [0.5, 0.6) is 0 Å². The lowest BCUT2D eigenvalue weighted by Crippen LogP contribution is -2.21. The second-order valence-electron chi connectivity index (χ2n) is 4.39. The van der Waals surface area contributed by atoms with E-state index in [2.05, 4.69) is 5.32 Å². The third-order valence-electron chi connectivity index (χ3n) is 3.15. The van der Waals surface area contributed by atoms with Crippen LogP contribution in [-0.4, -0.2) is 7.05 Å². The molecule has 0 radical (unpaired) electrons. The Morgan fingerprint density at radius 3 is 2.35 bits per heavy atom. The second-order valence-corrected chi connectivity index (χ2v) is 4.80. The van der Waals surface area contributed by atoms with E-state index in [0.29, 0.717) is 0 Å². The lowest BCUT2D eigenvalue weighted by molar-refractivity contribution is 0.481. The number of likely N-dealkylation sites (N-methyl/N-ethyl adjacent to an activating group) is 1. The Hall–Kier alpha value is -1.52. The Kier molecular flexibility index (Phi) is 4.68. The summed E-state index contributed by atoms with van der Waals surface area (Å²) in [4.78, 5) is 0. The minimum atomic E-state index is -0.919. The van der Waals surface area contributed by atoms with Crippen LogP contribution in [0.2, 0.25) is 5.02 Å². The van der Waals surface area contributed by atoms with Crippen LogP contribution in [-0.2, 0) is 6.42 Å². The van der Waals surface area contributed by atoms with Crippen molar-refractivity contribution >= 4 is 11.6 Å². The quantitative estimate of drug-likeness (QED) is 0.889. The zero-order valence-corrected chi connectivity index (χ0v) is 11.5. The maximum atomic E-state index is 13.9. The molecule has 0 saturated carbocycles. The van der Waals surface area contributed by atoms with Gasteiger partial charge in [-0.1, -0.05) is 29.8 Å². The third kappa shape index (κ3) is 2.97. The maximum absolute atomic E-state index is 13.9. The molecule has 0 bridgehead atoms. The van der Waals surface area contributed by atoms with Gasteiger partial charge >= 0.3 is 0 Å². The molecule has 0 aliphatic heterocycles. The van der Waals surface area contributed by atoms with Crippen molar-refractivity contribution < 1.29 is 13.2 Å². The molecular weight excluding hydrogens is 287 g/mol. The van der Waals surface area contributed by atoms with Gasteiger partial charge in [0.25, 0.3) is 0 Å². The van der Waals surface area contributed by atoms with Crippen molar-refractivity contribution in [2.45, 2.75) is 12.5 Å². The second kappa shape index (κ2) is 6.29. The standard InChI is InChI=1S/C15H13ClF3N/c1-20-13(14-10(16)5-3-6-11(14)17)8-9-4-2-7-12(18)15(9)19/h2-7,13,20H,8H2,1H3. The Labute approximate surface area is 120 Å². The molecule has 0 saturated heterocycles. The van der Waals surface area contributed by atoms with Gasteiger partial charge in [-0.05, 0) is 37.2 Å². The summed E-state index contributed by atoms with van der Waals surface area (Å²) in [5.41, 5.74) is 0.420. The molecule has 1 unspecified atom stereocenters. The maximum Gasteiger partial charge on any atom is 0.162 e. The molecule has 1 atom stereocenters. The molecular formula is C15H13ClF3N. The highest BCUT2D eigenvalue weighted by Gasteiger charge is 2.20. The average Bonchev–Trinajstić information content (AvgIpc) is 2.42. The van der Waals surface area contributed by atoms with Crippen LogP contribution in [0.15, 0.2) is 36.4 Å². The summed E-state index contributed by atoms with van der Waals surface area (Å²) < 4.78 is 40.8. The summed E-state index contributed by atoms with van der Waals surface area (Å²) >= 11 is 5.99. The number of nitrogens with one attached hydrogen (secondary N) is 1. The van der Waals surface area contributed by atoms with Gasteiger partial charge in [-0.15, -0.1) is 0 Å². The van der Waals surface area contributed by atoms with Crippen molar-refractivity contribution in [3.8, 4) is 0 Å². The Morgan fingerprint density at radius 1 is 1.05 bits per heavy atom. The van der Waals surface area contributed by atoms with Crippen LogP contribution >= 0.6 is 11.6 Å². The largest absolute Gasteiger partial charge is 0.313 e. The van der Waals surface area contributed by atoms with Crippen molar-refractivity contribution in [3.05, 3.63) is 70.0 Å². The Balaban J connectivity index is 2.37. The van der Waals surface area contributed by atoms with Crippen LogP contribution in [0.1, 0.15) is 17.2 Å². The van der Waals surface area contributed by atoms with E-state index < -0.39 is 23.5 Å². The van der Waals surface area contributed by atoms with E-state index in [0.717, 1.165) is 6.07 Å². The Morgan fingerprint density at radius 2 is 1.70 bits per heavy atom. The number of hydrogen-bond donors (Lipinski definition) is 1. The number of rotatable bonds is 4. The van der Waals surface area contributed by atoms with Gasteiger partial charge in [0.1, 0.15) is 5.82 Å². The van der Waals surface area contributed by atoms with Crippen molar-refractivity contribution in [2.75, 3.05) is 7.05 Å². The molecule has 1 nitrogen and oxygen atoms in total. The van der Waals surface area contributed by atoms with Crippen molar-refractivity contribution in [2.24, 2.45) is 0 Å². The summed E-state index contributed by atoms with van der Waals surface area (Å²) in [7, 11) is 1.62. The molecule has 0 spiro atoms. The van der Waals surface area contributed by atoms with E-state index in [4.69, 9.17) is 11.6 Å². The van der Waals surface area contributed by atoms with Crippen molar-refractivity contribution in [1.82, 2.24) is 5.32 Å². The van der Waals surface area contributed by atoms with Gasteiger partial charge in [0, 0.05) is 16.6 Å². The normalized spacial score (nSPS) is 12.4. The highest BCUT2D eigenvalue weighted by Crippen LogP contribution is 2.29. The summed E-state index contributed by atoms with van der Waals surface area (Å²) in [5, 5.41) is 3.13. The van der Waals surface area contributed by atoms with Gasteiger partial charge in [0.2, 0.25) is 0 Å². The molecule has 20 heavy (non-hydrogen) atoms. The first-order valence-electron chi connectivity index (χ1n) is 6.08. The lowest BCUT2D eigenvalue weighted by atomic mass is 9.98. The predicted molar refractivity (Wildman–Crippen MR) is 73.3 cm³/mol. The van der Waals surface area contributed by atoms with Crippen LogP contribution < -0.4 is 5.32 Å². The lowest BCUT2D eigenvalue weighted by Gasteiger charge is -2.19. The van der Waals surface area contributed by atoms with Gasteiger partial charge < -0.3 is 5.32 Å². The van der Waals surface area contributed by atoms with E-state index in [1.807, 2.05) is 0 Å². The highest BCUT2D eigenvalue weighted by atomic mass is 35.5. The molecule has 0 heterocycles. The van der Waals surface area contributed by atoms with Crippen LogP contribution in [0.25, 0.3) is 0 Å². The molecule has 0 aromatic heterocycles. The minimum Gasteiger partial charge on any atom is -0.313 e. The monoisotopic (exact) mass is 299 g/mol. The molecule has 2 aromatic carbocycles. The van der Waals surface area contributed by atoms with Gasteiger partial charge in [0.05, 0.1) is 0 Å². The molecule has 0 aliphatic carbocycles. The zero-order valence-electron chi connectivity index (χ0n) is 10.8. The topological polar surface area (TPSA) is 12.0 Å². The van der Waals surface area contributed by atoms with Crippen LogP contribution in [0, 0.1) is 17.5 Å². The van der Waals surface area contributed by atoms with E-state index in [1.54, 1.807) is 13.1 Å². The number of hydrogen-bond acceptors (Lipinski definition) is 1. The van der Waals surface area contributed by atoms with E-state index in [1.165, 1.54) is 24.3 Å². The van der Waals surface area contributed by atoms with Crippen molar-refractivity contribution in [1.29, 1.82) is 0 Å². The van der Waals surface area contributed by atoms with Gasteiger partial charge in [0.15, 0.2) is 11.6 Å². The zero-order chi connectivity index (χ0) is 14.7. The summed E-state index contributed by atoms with van der Waals surface area (Å²) in [6, 6.07) is 7.74. The van der Waals surface area contributed by atoms with Crippen LogP contribution in [0.3, 0.4) is 0 Å². The molecule has 0 amide bonds. The first-order chi connectivity index (χ1) is 9.54. The smallest absolute Gasteiger partial charge is 0.162 e. The Bertz CT molecular complexity index is 596. The van der Waals surface area contributed by atoms with E-state index in [-0.39, 0.29) is 22.6 Å². The summed E-state index contributed by atoms with van der Waals surface area (Å²) in [5.74, 6) is -2.31. The fraction of sp³-hybridized carbons (Fsp3) is 0.200. The highest BCUT2D eigenvalue weighted by molar-refractivity contribution is 6.31. The molecule has 1 N–H and O–H groups in total. The average molecular weight is 300 g/mol. The number of halogens is 4. The third-order valence-corrected chi connectivity index (χ3v) is 3.48. The van der Waals surface area contributed by atoms with Crippen LogP contribution in [0.4, 0.5) is 13.2 Å². The minimum absolute atomic E-state index is 0.0980. The molecule has 2 aromatic rings. The van der Waals surface area contributed by atoms with Crippen molar-refractivity contribution in [3.63, 3.8) is 0 Å². The molecule has 0 fully saturated rings. The first-order valence-corrected chi connectivity index (χ1v) is 6.46. The fourth-order valence-corrected chi connectivity index (χ4v) is 2.41. The molecule has 0 aliphatic rings. The van der Waals surface area contributed by atoms with Gasteiger partial charge in [-0.3, -0.25) is 0 Å². The fourth-order valence-electron chi connectivity index (χ4n) is 2.12. The summed E-state index contributed by atoms with van der Waals surface area (Å²) in [6.45, 7) is 0. The number of benzene rings is 2. The molecule has 5 heteroatoms. The van der Waals surface area contributed by atoms with Gasteiger partial charge in [-0.25, -0.2) is 13.2 Å². The molecule has 106 valence electrons. The van der Waals surface area contributed by atoms with E-state index >= 15 is 0 Å². The van der Waals surface area contributed by atoms with E-state index in [9.17, 15) is 13.2 Å². The molecule has 2 rings (SSSR count). The SMILES string of the molecule is CNC(Cc1cccc(F)c1F)c1c(F)cccc1Cl. The predicted octanol–water partition coefficient (Wildman–Crippen LogP) is 4.26. The summed E-state index contributed by atoms with van der Waals surface area (Å²) in [6.07, 6.45) is 0.0980. The first kappa shape index (κ1) is 14.9. The van der Waals surface area contributed by atoms with Gasteiger partial charge in [-0.2, -0.15) is 0 Å².